The third-order valence-corrected chi connectivity index (χ3v) is 15.9. The average Bonchev–Trinajstić information content (AvgIpc) is 3.48. The molecule has 0 atom stereocenters. The highest BCUT2D eigenvalue weighted by molar-refractivity contribution is 6.07. The summed E-state index contributed by atoms with van der Waals surface area (Å²) in [6.07, 6.45) is 6.13. The van der Waals surface area contributed by atoms with Gasteiger partial charge >= 0.3 is 0 Å². The number of ether oxygens (including phenoxy) is 2. The van der Waals surface area contributed by atoms with Gasteiger partial charge in [0, 0.05) is 24.7 Å². The maximum Gasteiger partial charge on any atom is 0.127 e. The summed E-state index contributed by atoms with van der Waals surface area (Å²) in [4.78, 5) is 0. The lowest BCUT2D eigenvalue weighted by Crippen LogP contribution is -2.29. The predicted octanol–water partition coefficient (Wildman–Crippen LogP) is 16.5. The molecule has 12 rings (SSSR count). The summed E-state index contributed by atoms with van der Waals surface area (Å²) < 4.78 is 41.8. The fourth-order valence-electron chi connectivity index (χ4n) is 11.5. The van der Waals surface area contributed by atoms with E-state index in [0.717, 1.165) is 96.6 Å². The van der Waals surface area contributed by atoms with Gasteiger partial charge in [-0.05, 0) is 175 Å². The highest BCUT2D eigenvalue weighted by Crippen LogP contribution is 2.40. The van der Waals surface area contributed by atoms with Crippen molar-refractivity contribution < 1.29 is 18.3 Å². The molecular formula is C72H64F2O2. The van der Waals surface area contributed by atoms with E-state index in [4.69, 9.17) is 9.47 Å². The van der Waals surface area contributed by atoms with Crippen molar-refractivity contribution in [3.8, 4) is 11.1 Å². The summed E-state index contributed by atoms with van der Waals surface area (Å²) in [6.45, 7) is 7.73. The van der Waals surface area contributed by atoms with E-state index < -0.39 is 0 Å². The Morgan fingerprint density at radius 2 is 0.711 bits per heavy atom. The molecule has 2 nitrogen and oxygen atoms in total. The zero-order valence-corrected chi connectivity index (χ0v) is 43.7. The van der Waals surface area contributed by atoms with Crippen molar-refractivity contribution in [1.82, 2.24) is 0 Å². The van der Waals surface area contributed by atoms with Crippen LogP contribution >= 0.6 is 0 Å². The maximum absolute atomic E-state index is 15.6. The highest BCUT2D eigenvalue weighted by Gasteiger charge is 2.21. The Bertz CT molecular complexity index is 3680. The van der Waals surface area contributed by atoms with Crippen molar-refractivity contribution in [2.45, 2.75) is 65.2 Å². The molecule has 378 valence electrons. The third-order valence-electron chi connectivity index (χ3n) is 15.9. The Morgan fingerprint density at radius 1 is 0.329 bits per heavy atom. The molecule has 2 aliphatic heterocycles. The molecule has 0 spiro atoms. The summed E-state index contributed by atoms with van der Waals surface area (Å²) in [5.74, 6) is 0.942. The van der Waals surface area contributed by atoms with E-state index in [9.17, 15) is 0 Å². The van der Waals surface area contributed by atoms with E-state index in [0.29, 0.717) is 37.5 Å². The second kappa shape index (κ2) is 22.0. The molecule has 10 aromatic carbocycles. The minimum Gasteiger partial charge on any atom is -0.381 e. The summed E-state index contributed by atoms with van der Waals surface area (Å²) in [5, 5.41) is 4.96. The first-order valence-electron chi connectivity index (χ1n) is 27.2. The van der Waals surface area contributed by atoms with E-state index in [2.05, 4.69) is 184 Å². The van der Waals surface area contributed by atoms with Crippen LogP contribution < -0.4 is 0 Å². The second-order valence-electron chi connectivity index (χ2n) is 22.1. The molecule has 2 saturated heterocycles. The summed E-state index contributed by atoms with van der Waals surface area (Å²) in [7, 11) is 0. The number of rotatable bonds is 17. The Balaban J connectivity index is 0.750. The van der Waals surface area contributed by atoms with E-state index in [1.165, 1.54) is 77.2 Å². The van der Waals surface area contributed by atoms with E-state index in [1.807, 2.05) is 12.1 Å². The van der Waals surface area contributed by atoms with Gasteiger partial charge in [0.1, 0.15) is 11.6 Å². The predicted molar refractivity (Wildman–Crippen MR) is 308 cm³/mol. The van der Waals surface area contributed by atoms with Gasteiger partial charge in [-0.1, -0.05) is 193 Å². The molecular weight excluding hydrogens is 935 g/mol. The number of aryl methyl sites for hydroxylation is 2. The monoisotopic (exact) mass is 998 g/mol. The lowest BCUT2D eigenvalue weighted by atomic mass is 9.85. The van der Waals surface area contributed by atoms with Gasteiger partial charge in [-0.3, -0.25) is 0 Å². The molecule has 0 amide bonds. The number of hydrogen-bond donors (Lipinski definition) is 0. The molecule has 0 aromatic heterocycles. The Labute approximate surface area is 447 Å². The quantitative estimate of drug-likeness (QED) is 0.0905. The van der Waals surface area contributed by atoms with Crippen molar-refractivity contribution >= 4 is 21.5 Å². The fourth-order valence-corrected chi connectivity index (χ4v) is 11.5. The molecule has 2 aliphatic rings. The third kappa shape index (κ3) is 11.5. The van der Waals surface area contributed by atoms with Crippen LogP contribution in [0.3, 0.4) is 0 Å². The standard InChI is InChI=1S/C72H64F2O2/c1-47-4-28-68-62(29-47)25-26-65(38-56-19-9-50(10-20-56)32-58-22-24-64(71(74)42-58)37-55-17-13-53(14-18-55)35-61-45-76-46-61)72(68)69-40-59(39-66-30-48(2)3-27-67(66)69)33-51-7-5-49(6-8-51)31-57-21-23-63(70(73)41-57)36-54-15-11-52(12-16-54)34-60-43-75-44-60/h3-30,39-42,60-61H,31-38,43-46H2,1-2H3. The van der Waals surface area contributed by atoms with Gasteiger partial charge in [-0.15, -0.1) is 0 Å². The zero-order valence-electron chi connectivity index (χ0n) is 43.7. The van der Waals surface area contributed by atoms with Crippen molar-refractivity contribution in [3.63, 3.8) is 0 Å². The molecule has 76 heavy (non-hydrogen) atoms. The highest BCUT2D eigenvalue weighted by atomic mass is 19.1. The van der Waals surface area contributed by atoms with Crippen LogP contribution in [0.1, 0.15) is 89.0 Å². The zero-order chi connectivity index (χ0) is 51.5. The molecule has 0 radical (unpaired) electrons. The molecule has 2 heterocycles. The van der Waals surface area contributed by atoms with Crippen LogP contribution in [0.5, 0.6) is 0 Å². The molecule has 0 N–H and O–H groups in total. The first kappa shape index (κ1) is 49.4. The molecule has 0 saturated carbocycles. The fraction of sp³-hybridized carbons (Fsp3) is 0.222. The van der Waals surface area contributed by atoms with Crippen LogP contribution in [0.25, 0.3) is 32.7 Å². The molecule has 10 aromatic rings. The van der Waals surface area contributed by atoms with Crippen molar-refractivity contribution in [2.75, 3.05) is 26.4 Å². The lowest BCUT2D eigenvalue weighted by molar-refractivity contribution is -0.0312. The van der Waals surface area contributed by atoms with Crippen LogP contribution in [-0.2, 0) is 60.8 Å². The number of hydrogen-bond acceptors (Lipinski definition) is 2. The van der Waals surface area contributed by atoms with Crippen molar-refractivity contribution in [3.05, 3.63) is 295 Å². The number of fused-ring (bicyclic) bond motifs is 2. The lowest BCUT2D eigenvalue weighted by Gasteiger charge is -2.25. The number of benzene rings is 10. The average molecular weight is 999 g/mol. The van der Waals surface area contributed by atoms with Gasteiger partial charge in [0.2, 0.25) is 0 Å². The second-order valence-corrected chi connectivity index (χ2v) is 22.1. The largest absolute Gasteiger partial charge is 0.381 e. The smallest absolute Gasteiger partial charge is 0.127 e. The molecule has 0 aliphatic carbocycles. The van der Waals surface area contributed by atoms with Gasteiger partial charge in [-0.2, -0.15) is 0 Å². The minimum atomic E-state index is -0.149. The van der Waals surface area contributed by atoms with Gasteiger partial charge in [0.15, 0.2) is 0 Å². The topological polar surface area (TPSA) is 18.5 Å². The maximum atomic E-state index is 15.6. The molecule has 2 fully saturated rings. The van der Waals surface area contributed by atoms with Crippen LogP contribution in [0.4, 0.5) is 8.78 Å². The summed E-state index contributed by atoms with van der Waals surface area (Å²) in [5.41, 5.74) is 20.6. The molecule has 4 heteroatoms. The van der Waals surface area contributed by atoms with Crippen LogP contribution in [0.15, 0.2) is 194 Å². The van der Waals surface area contributed by atoms with Crippen molar-refractivity contribution in [2.24, 2.45) is 11.8 Å². The van der Waals surface area contributed by atoms with Gasteiger partial charge in [-0.25, -0.2) is 8.78 Å². The van der Waals surface area contributed by atoms with E-state index in [-0.39, 0.29) is 11.6 Å². The first-order valence-corrected chi connectivity index (χ1v) is 27.2. The van der Waals surface area contributed by atoms with Gasteiger partial charge in [0.25, 0.3) is 0 Å². The molecule has 0 unspecified atom stereocenters. The van der Waals surface area contributed by atoms with E-state index >= 15 is 8.78 Å². The number of halogens is 2. The SMILES string of the molecule is Cc1ccc2c(-c3c(Cc4ccc(Cc5ccc(Cc6ccc(CC7COC7)cc6)c(F)c5)cc4)ccc4cc(C)ccc34)cc(Cc3ccc(Cc4ccc(Cc5ccc(CC6COC6)cc5)c(F)c4)cc3)cc2c1. The Kier molecular flexibility index (Phi) is 14.3. The van der Waals surface area contributed by atoms with Crippen LogP contribution in [0, 0.1) is 37.3 Å². The minimum absolute atomic E-state index is 0.148. The summed E-state index contributed by atoms with van der Waals surface area (Å²) in [6, 6.07) is 69.5. The van der Waals surface area contributed by atoms with Gasteiger partial charge in [0.05, 0.1) is 26.4 Å². The summed E-state index contributed by atoms with van der Waals surface area (Å²) >= 11 is 0. The van der Waals surface area contributed by atoms with Crippen molar-refractivity contribution in [1.29, 1.82) is 0 Å². The van der Waals surface area contributed by atoms with E-state index in [1.54, 1.807) is 12.1 Å². The van der Waals surface area contributed by atoms with Gasteiger partial charge < -0.3 is 9.47 Å². The Hall–Kier alpha value is -7.50. The van der Waals surface area contributed by atoms with Crippen LogP contribution in [-0.4, -0.2) is 26.4 Å². The molecule has 0 bridgehead atoms. The first-order chi connectivity index (χ1) is 37.2. The Morgan fingerprint density at radius 3 is 1.16 bits per heavy atom. The van der Waals surface area contributed by atoms with Crippen LogP contribution in [0.2, 0.25) is 0 Å². The normalized spacial score (nSPS) is 13.8.